The Labute approximate surface area is 108 Å². The molecule has 0 aromatic carbocycles. The molecule has 4 unspecified atom stereocenters. The van der Waals surface area contributed by atoms with Gasteiger partial charge >= 0.3 is 0 Å². The maximum Gasteiger partial charge on any atom is 0.237 e. The van der Waals surface area contributed by atoms with E-state index in [0.29, 0.717) is 18.6 Å². The van der Waals surface area contributed by atoms with Gasteiger partial charge < -0.3 is 20.5 Å². The van der Waals surface area contributed by atoms with Crippen LogP contribution in [0, 0.1) is 5.92 Å². The highest BCUT2D eigenvalue weighted by atomic mass is 16.5. The number of aliphatic hydroxyl groups is 1. The van der Waals surface area contributed by atoms with E-state index < -0.39 is 0 Å². The van der Waals surface area contributed by atoms with Crippen LogP contribution in [0.25, 0.3) is 0 Å². The molecule has 4 atom stereocenters. The maximum atomic E-state index is 12.1. The van der Waals surface area contributed by atoms with E-state index >= 15 is 0 Å². The van der Waals surface area contributed by atoms with Crippen molar-refractivity contribution in [2.45, 2.75) is 50.2 Å². The summed E-state index contributed by atoms with van der Waals surface area (Å²) in [6, 6.07) is 0.125. The molecular weight excluding hydrogens is 232 g/mol. The first-order chi connectivity index (χ1) is 8.74. The molecule has 0 aromatic heterocycles. The Morgan fingerprint density at radius 2 is 2.28 bits per heavy atom. The fourth-order valence-corrected chi connectivity index (χ4v) is 3.16. The van der Waals surface area contributed by atoms with E-state index in [2.05, 4.69) is 10.6 Å². The van der Waals surface area contributed by atoms with Crippen LogP contribution >= 0.6 is 0 Å². The van der Waals surface area contributed by atoms with E-state index in [1.54, 1.807) is 7.11 Å². The largest absolute Gasteiger partial charge is 0.394 e. The summed E-state index contributed by atoms with van der Waals surface area (Å²) in [6.45, 7) is 0.265. The third kappa shape index (κ3) is 3.22. The van der Waals surface area contributed by atoms with Crippen molar-refractivity contribution in [3.63, 3.8) is 0 Å². The minimum atomic E-state index is -0.299. The van der Waals surface area contributed by atoms with Gasteiger partial charge in [-0.05, 0) is 25.2 Å². The molecular formula is C13H24N2O3. The van der Waals surface area contributed by atoms with Gasteiger partial charge in [0.05, 0.1) is 25.3 Å². The number of carbonyl (C=O) groups excluding carboxylic acids is 1. The highest BCUT2D eigenvalue weighted by molar-refractivity contribution is 5.82. The van der Waals surface area contributed by atoms with Gasteiger partial charge in [-0.25, -0.2) is 0 Å². The summed E-state index contributed by atoms with van der Waals surface area (Å²) in [6.07, 6.45) is 5.92. The van der Waals surface area contributed by atoms with Gasteiger partial charge in [0.1, 0.15) is 0 Å². The quantitative estimate of drug-likeness (QED) is 0.649. The predicted octanol–water partition coefficient (Wildman–Crippen LogP) is 0.0306. The predicted molar refractivity (Wildman–Crippen MR) is 68.2 cm³/mol. The molecule has 0 spiro atoms. The third-order valence-corrected chi connectivity index (χ3v) is 4.11. The minimum Gasteiger partial charge on any atom is -0.394 e. The molecule has 0 radical (unpaired) electrons. The number of hydrogen-bond donors (Lipinski definition) is 3. The molecule has 5 nitrogen and oxygen atoms in total. The van der Waals surface area contributed by atoms with Crippen LogP contribution in [0.2, 0.25) is 0 Å². The second-order valence-electron chi connectivity index (χ2n) is 5.45. The molecule has 0 bridgehead atoms. The first-order valence-electron chi connectivity index (χ1n) is 6.90. The van der Waals surface area contributed by atoms with E-state index in [1.165, 1.54) is 25.7 Å². The number of nitrogens with one attached hydrogen (secondary N) is 2. The maximum absolute atomic E-state index is 12.1. The van der Waals surface area contributed by atoms with Crippen LogP contribution in [-0.4, -0.2) is 49.5 Å². The van der Waals surface area contributed by atoms with Gasteiger partial charge in [0.2, 0.25) is 5.91 Å². The number of aliphatic hydroxyl groups excluding tert-OH is 1. The molecule has 1 aliphatic carbocycles. The summed E-state index contributed by atoms with van der Waals surface area (Å²) < 4.78 is 4.96. The molecule has 2 fully saturated rings. The molecule has 1 heterocycles. The van der Waals surface area contributed by atoms with Crippen molar-refractivity contribution in [1.82, 2.24) is 10.6 Å². The fraction of sp³-hybridized carbons (Fsp3) is 0.923. The molecule has 1 aliphatic heterocycles. The lowest BCUT2D eigenvalue weighted by molar-refractivity contribution is -0.124. The van der Waals surface area contributed by atoms with Gasteiger partial charge in [-0.1, -0.05) is 12.8 Å². The summed E-state index contributed by atoms with van der Waals surface area (Å²) in [5, 5.41) is 15.4. The molecule has 104 valence electrons. The molecule has 1 saturated carbocycles. The second kappa shape index (κ2) is 6.50. The standard InChI is InChI=1S/C13H24N2O3/c1-18-8-10(7-16)14-13(17)12-6-9-4-2-3-5-11(9)15-12/h9-12,15-16H,2-8H2,1H3,(H,14,17). The number of rotatable bonds is 5. The average molecular weight is 256 g/mol. The minimum absolute atomic E-state index is 0.000463. The zero-order chi connectivity index (χ0) is 13.0. The lowest BCUT2D eigenvalue weighted by Crippen LogP contribution is -2.49. The van der Waals surface area contributed by atoms with E-state index in [0.717, 1.165) is 6.42 Å². The van der Waals surface area contributed by atoms with Crippen molar-refractivity contribution in [2.24, 2.45) is 5.92 Å². The topological polar surface area (TPSA) is 70.6 Å². The van der Waals surface area contributed by atoms with Crippen LogP contribution in [0.1, 0.15) is 32.1 Å². The molecule has 2 aliphatic rings. The van der Waals surface area contributed by atoms with E-state index in [1.807, 2.05) is 0 Å². The van der Waals surface area contributed by atoms with Gasteiger partial charge in [0.15, 0.2) is 0 Å². The molecule has 1 saturated heterocycles. The Bertz CT molecular complexity index is 271. The van der Waals surface area contributed by atoms with Gasteiger partial charge in [0, 0.05) is 13.2 Å². The van der Waals surface area contributed by atoms with Crippen molar-refractivity contribution >= 4 is 5.91 Å². The molecule has 1 amide bonds. The monoisotopic (exact) mass is 256 g/mol. The van der Waals surface area contributed by atoms with Crippen molar-refractivity contribution in [3.05, 3.63) is 0 Å². The number of hydrogen-bond acceptors (Lipinski definition) is 4. The zero-order valence-corrected chi connectivity index (χ0v) is 11.0. The Morgan fingerprint density at radius 1 is 1.50 bits per heavy atom. The Hall–Kier alpha value is -0.650. The summed E-state index contributed by atoms with van der Waals surface area (Å²) in [5.41, 5.74) is 0. The number of fused-ring (bicyclic) bond motifs is 1. The lowest BCUT2D eigenvalue weighted by atomic mass is 9.85. The fourth-order valence-electron chi connectivity index (χ4n) is 3.16. The summed E-state index contributed by atoms with van der Waals surface area (Å²) >= 11 is 0. The van der Waals surface area contributed by atoms with Crippen molar-refractivity contribution in [2.75, 3.05) is 20.3 Å². The van der Waals surface area contributed by atoms with E-state index in [-0.39, 0.29) is 24.6 Å². The molecule has 5 heteroatoms. The third-order valence-electron chi connectivity index (χ3n) is 4.11. The van der Waals surface area contributed by atoms with Crippen LogP contribution in [0.4, 0.5) is 0 Å². The normalized spacial score (nSPS) is 32.9. The Balaban J connectivity index is 1.82. The lowest BCUT2D eigenvalue weighted by Gasteiger charge is -2.24. The van der Waals surface area contributed by atoms with Crippen LogP contribution in [0.15, 0.2) is 0 Å². The van der Waals surface area contributed by atoms with Gasteiger partial charge in [0.25, 0.3) is 0 Å². The Morgan fingerprint density at radius 3 is 2.94 bits per heavy atom. The summed E-state index contributed by atoms with van der Waals surface area (Å²) in [7, 11) is 1.57. The van der Waals surface area contributed by atoms with E-state index in [9.17, 15) is 4.79 Å². The van der Waals surface area contributed by atoms with E-state index in [4.69, 9.17) is 9.84 Å². The highest BCUT2D eigenvalue weighted by Crippen LogP contribution is 2.33. The first-order valence-corrected chi connectivity index (χ1v) is 6.90. The van der Waals surface area contributed by atoms with Crippen molar-refractivity contribution < 1.29 is 14.6 Å². The van der Waals surface area contributed by atoms with Crippen LogP contribution in [0.3, 0.4) is 0 Å². The average Bonchev–Trinajstić information content (AvgIpc) is 2.82. The number of ether oxygens (including phenoxy) is 1. The number of amides is 1. The van der Waals surface area contributed by atoms with Gasteiger partial charge in [-0.3, -0.25) is 4.79 Å². The second-order valence-corrected chi connectivity index (χ2v) is 5.45. The van der Waals surface area contributed by atoms with Gasteiger partial charge in [-0.15, -0.1) is 0 Å². The molecule has 3 N–H and O–H groups in total. The zero-order valence-electron chi connectivity index (χ0n) is 11.0. The number of carbonyl (C=O) groups is 1. The number of methoxy groups -OCH3 is 1. The van der Waals surface area contributed by atoms with Crippen LogP contribution in [0.5, 0.6) is 0 Å². The van der Waals surface area contributed by atoms with Crippen molar-refractivity contribution in [3.8, 4) is 0 Å². The van der Waals surface area contributed by atoms with Crippen molar-refractivity contribution in [1.29, 1.82) is 0 Å². The first kappa shape index (κ1) is 13.8. The Kier molecular flexibility index (Phi) is 4.97. The van der Waals surface area contributed by atoms with Crippen LogP contribution < -0.4 is 10.6 Å². The van der Waals surface area contributed by atoms with Gasteiger partial charge in [-0.2, -0.15) is 0 Å². The SMILES string of the molecule is COCC(CO)NC(=O)C1CC2CCCCC2N1. The van der Waals surface area contributed by atoms with Crippen LogP contribution in [-0.2, 0) is 9.53 Å². The summed E-state index contributed by atoms with van der Waals surface area (Å²) in [4.78, 5) is 12.1. The molecule has 2 rings (SSSR count). The summed E-state index contributed by atoms with van der Waals surface area (Å²) in [5.74, 6) is 0.657. The molecule has 0 aromatic rings. The smallest absolute Gasteiger partial charge is 0.237 e. The highest BCUT2D eigenvalue weighted by Gasteiger charge is 2.38. The molecule has 18 heavy (non-hydrogen) atoms.